The highest BCUT2D eigenvalue weighted by atomic mass is 16.2. The van der Waals surface area contributed by atoms with Crippen molar-refractivity contribution in [2.75, 3.05) is 18.0 Å². The Hall–Kier alpha value is -2.57. The molecule has 7 heteroatoms. The lowest BCUT2D eigenvalue weighted by Gasteiger charge is -2.31. The monoisotopic (exact) mass is 262 g/mol. The van der Waals surface area contributed by atoms with Crippen LogP contribution in [-0.4, -0.2) is 35.2 Å². The van der Waals surface area contributed by atoms with Crippen molar-refractivity contribution in [3.8, 4) is 0 Å². The molecule has 100 valence electrons. The molecule has 1 heterocycles. The first-order valence-electron chi connectivity index (χ1n) is 5.69. The van der Waals surface area contributed by atoms with E-state index in [9.17, 15) is 14.4 Å². The number of benzene rings is 1. The number of nitrogens with zero attached hydrogens (tertiary/aromatic N) is 1. The highest BCUT2D eigenvalue weighted by Crippen LogP contribution is 2.17. The van der Waals surface area contributed by atoms with Crippen LogP contribution >= 0.6 is 0 Å². The van der Waals surface area contributed by atoms with Crippen LogP contribution in [0.1, 0.15) is 17.3 Å². The van der Waals surface area contributed by atoms with Gasteiger partial charge in [0.2, 0.25) is 11.8 Å². The summed E-state index contributed by atoms with van der Waals surface area (Å²) in [5, 5.41) is 2.17. The highest BCUT2D eigenvalue weighted by molar-refractivity contribution is 6.07. The summed E-state index contributed by atoms with van der Waals surface area (Å²) in [6, 6.07) is 3.73. The zero-order chi connectivity index (χ0) is 14.2. The molecule has 1 aliphatic heterocycles. The van der Waals surface area contributed by atoms with Crippen molar-refractivity contribution in [3.05, 3.63) is 23.8 Å². The summed E-state index contributed by atoms with van der Waals surface area (Å²) in [6.07, 6.45) is 0. The summed E-state index contributed by atoms with van der Waals surface area (Å²) >= 11 is 0. The number of nitrogens with one attached hydrogen (secondary N) is 1. The van der Waals surface area contributed by atoms with Gasteiger partial charge in [-0.3, -0.25) is 19.7 Å². The van der Waals surface area contributed by atoms with Crippen molar-refractivity contribution in [1.82, 2.24) is 10.2 Å². The summed E-state index contributed by atoms with van der Waals surface area (Å²) < 4.78 is 0. The van der Waals surface area contributed by atoms with Crippen LogP contribution in [0.2, 0.25) is 0 Å². The van der Waals surface area contributed by atoms with Crippen LogP contribution in [-0.2, 0) is 9.59 Å². The van der Waals surface area contributed by atoms with E-state index in [2.05, 4.69) is 5.32 Å². The number of carbonyl (C=O) groups is 3. The summed E-state index contributed by atoms with van der Waals surface area (Å²) in [7, 11) is 0. The van der Waals surface area contributed by atoms with E-state index < -0.39 is 23.8 Å². The maximum atomic E-state index is 12.3. The molecular weight excluding hydrogens is 248 g/mol. The maximum Gasteiger partial charge on any atom is 0.255 e. The SMILES string of the molecule is CC1C(=O)NC(=O)CN1C(=O)c1cc(N)cc(N)c1. The second-order valence-electron chi connectivity index (χ2n) is 4.41. The van der Waals surface area contributed by atoms with E-state index in [1.165, 1.54) is 23.1 Å². The lowest BCUT2D eigenvalue weighted by atomic mass is 10.1. The number of amides is 3. The van der Waals surface area contributed by atoms with Gasteiger partial charge >= 0.3 is 0 Å². The Kier molecular flexibility index (Phi) is 3.12. The van der Waals surface area contributed by atoms with E-state index in [-0.39, 0.29) is 12.1 Å². The molecule has 0 spiro atoms. The summed E-state index contributed by atoms with van der Waals surface area (Å²) in [5.41, 5.74) is 12.2. The minimum Gasteiger partial charge on any atom is -0.399 e. The summed E-state index contributed by atoms with van der Waals surface area (Å²) in [6.45, 7) is 1.38. The molecule has 0 aliphatic carbocycles. The van der Waals surface area contributed by atoms with E-state index in [0.717, 1.165) is 0 Å². The molecular formula is C12H14N4O3. The van der Waals surface area contributed by atoms with Gasteiger partial charge in [-0.15, -0.1) is 0 Å². The smallest absolute Gasteiger partial charge is 0.255 e. The molecule has 5 N–H and O–H groups in total. The number of rotatable bonds is 1. The van der Waals surface area contributed by atoms with E-state index in [4.69, 9.17) is 11.5 Å². The van der Waals surface area contributed by atoms with Crippen molar-refractivity contribution >= 4 is 29.1 Å². The minimum absolute atomic E-state index is 0.166. The van der Waals surface area contributed by atoms with Crippen molar-refractivity contribution < 1.29 is 14.4 Å². The first-order chi connectivity index (χ1) is 8.88. The molecule has 1 aromatic carbocycles. The summed E-state index contributed by atoms with van der Waals surface area (Å²) in [5.74, 6) is -1.45. The van der Waals surface area contributed by atoms with Gasteiger partial charge in [0.05, 0.1) is 0 Å². The molecule has 1 aromatic rings. The highest BCUT2D eigenvalue weighted by Gasteiger charge is 2.34. The second kappa shape index (κ2) is 4.60. The average Bonchev–Trinajstić information content (AvgIpc) is 2.31. The number of imide groups is 1. The fourth-order valence-corrected chi connectivity index (χ4v) is 1.93. The quantitative estimate of drug-likeness (QED) is 0.458. The third-order valence-electron chi connectivity index (χ3n) is 2.91. The predicted octanol–water partition coefficient (Wildman–Crippen LogP) is -0.662. The lowest BCUT2D eigenvalue weighted by Crippen LogP contribution is -2.58. The first-order valence-corrected chi connectivity index (χ1v) is 5.69. The van der Waals surface area contributed by atoms with Gasteiger partial charge < -0.3 is 16.4 Å². The fraction of sp³-hybridized carbons (Fsp3) is 0.250. The number of carbonyl (C=O) groups excluding carboxylic acids is 3. The molecule has 1 atom stereocenters. The van der Waals surface area contributed by atoms with Crippen molar-refractivity contribution in [2.45, 2.75) is 13.0 Å². The maximum absolute atomic E-state index is 12.3. The zero-order valence-corrected chi connectivity index (χ0v) is 10.3. The van der Waals surface area contributed by atoms with E-state index in [1.54, 1.807) is 6.92 Å². The number of hydrogen-bond acceptors (Lipinski definition) is 5. The Morgan fingerprint density at radius 2 is 1.84 bits per heavy atom. The van der Waals surface area contributed by atoms with Crippen LogP contribution in [0.3, 0.4) is 0 Å². The topological polar surface area (TPSA) is 119 Å². The molecule has 1 saturated heterocycles. The standard InChI is InChI=1S/C12H14N4O3/c1-6-11(18)15-10(17)5-16(6)12(19)7-2-8(13)4-9(14)3-7/h2-4,6H,5,13-14H2,1H3,(H,15,17,18). The Bertz CT molecular complexity index is 550. The first kappa shape index (κ1) is 12.9. The van der Waals surface area contributed by atoms with E-state index >= 15 is 0 Å². The molecule has 0 saturated carbocycles. The van der Waals surface area contributed by atoms with Gasteiger partial charge in [-0.1, -0.05) is 0 Å². The van der Waals surface area contributed by atoms with Crippen molar-refractivity contribution in [2.24, 2.45) is 0 Å². The molecule has 3 amide bonds. The molecule has 0 bridgehead atoms. The Morgan fingerprint density at radius 3 is 2.42 bits per heavy atom. The number of nitrogen functional groups attached to an aromatic ring is 2. The molecule has 0 radical (unpaired) electrons. The Balaban J connectivity index is 2.32. The van der Waals surface area contributed by atoms with Gasteiger partial charge in [0.25, 0.3) is 5.91 Å². The van der Waals surface area contributed by atoms with Gasteiger partial charge in [-0.2, -0.15) is 0 Å². The normalized spacial score (nSPS) is 19.2. The molecule has 1 aliphatic rings. The van der Waals surface area contributed by atoms with Gasteiger partial charge in [0.15, 0.2) is 0 Å². The predicted molar refractivity (Wildman–Crippen MR) is 68.9 cm³/mol. The molecule has 7 nitrogen and oxygen atoms in total. The second-order valence-corrected chi connectivity index (χ2v) is 4.41. The molecule has 19 heavy (non-hydrogen) atoms. The zero-order valence-electron chi connectivity index (χ0n) is 10.3. The van der Waals surface area contributed by atoms with Gasteiger partial charge in [0.1, 0.15) is 12.6 Å². The molecule has 1 unspecified atom stereocenters. The minimum atomic E-state index is -0.715. The van der Waals surface area contributed by atoms with Gasteiger partial charge in [-0.05, 0) is 25.1 Å². The third-order valence-corrected chi connectivity index (χ3v) is 2.91. The Labute approximate surface area is 109 Å². The number of hydrogen-bond donors (Lipinski definition) is 3. The van der Waals surface area contributed by atoms with Gasteiger partial charge in [-0.25, -0.2) is 0 Å². The van der Waals surface area contributed by atoms with E-state index in [1.807, 2.05) is 0 Å². The third kappa shape index (κ3) is 2.49. The van der Waals surface area contributed by atoms with Crippen LogP contribution < -0.4 is 16.8 Å². The van der Waals surface area contributed by atoms with Crippen LogP contribution in [0.5, 0.6) is 0 Å². The van der Waals surface area contributed by atoms with Crippen LogP contribution in [0.25, 0.3) is 0 Å². The van der Waals surface area contributed by atoms with E-state index in [0.29, 0.717) is 11.4 Å². The number of piperazine rings is 1. The number of anilines is 2. The van der Waals surface area contributed by atoms with Crippen LogP contribution in [0, 0.1) is 0 Å². The summed E-state index contributed by atoms with van der Waals surface area (Å²) in [4.78, 5) is 36.3. The number of nitrogens with two attached hydrogens (primary N) is 2. The van der Waals surface area contributed by atoms with Crippen molar-refractivity contribution in [3.63, 3.8) is 0 Å². The van der Waals surface area contributed by atoms with Crippen LogP contribution in [0.15, 0.2) is 18.2 Å². The lowest BCUT2D eigenvalue weighted by molar-refractivity contribution is -0.138. The largest absolute Gasteiger partial charge is 0.399 e. The molecule has 1 fully saturated rings. The molecule has 0 aromatic heterocycles. The average molecular weight is 262 g/mol. The van der Waals surface area contributed by atoms with Crippen LogP contribution in [0.4, 0.5) is 11.4 Å². The molecule has 2 rings (SSSR count). The van der Waals surface area contributed by atoms with Gasteiger partial charge in [0, 0.05) is 16.9 Å². The van der Waals surface area contributed by atoms with Crippen molar-refractivity contribution in [1.29, 1.82) is 0 Å². The Morgan fingerprint density at radius 1 is 1.26 bits per heavy atom. The fourth-order valence-electron chi connectivity index (χ4n) is 1.93.